The highest BCUT2D eigenvalue weighted by molar-refractivity contribution is 7.17. The molecule has 0 unspecified atom stereocenters. The Hall–Kier alpha value is -1.76. The molecule has 0 saturated carbocycles. The van der Waals surface area contributed by atoms with Gasteiger partial charge in [-0.3, -0.25) is 4.90 Å². The lowest BCUT2D eigenvalue weighted by Crippen LogP contribution is -2.25. The zero-order chi connectivity index (χ0) is 17.1. The first kappa shape index (κ1) is 16.7. The van der Waals surface area contributed by atoms with Crippen LogP contribution in [-0.4, -0.2) is 37.8 Å². The zero-order valence-corrected chi connectivity index (χ0v) is 15.5. The van der Waals surface area contributed by atoms with Gasteiger partial charge in [0.1, 0.15) is 5.01 Å². The van der Waals surface area contributed by atoms with Gasteiger partial charge in [0.05, 0.1) is 6.54 Å². The van der Waals surface area contributed by atoms with Crippen LogP contribution in [0.2, 0.25) is 5.02 Å². The molecule has 3 heterocycles. The van der Waals surface area contributed by atoms with Crippen LogP contribution in [0.5, 0.6) is 0 Å². The summed E-state index contributed by atoms with van der Waals surface area (Å²) < 4.78 is 1.88. The maximum absolute atomic E-state index is 6.19. The van der Waals surface area contributed by atoms with Crippen LogP contribution in [0.25, 0.3) is 17.1 Å². The number of rotatable bonds is 4. The van der Waals surface area contributed by atoms with Crippen LogP contribution in [0.4, 0.5) is 0 Å². The topological polar surface area (TPSA) is 46.3 Å². The van der Waals surface area contributed by atoms with Crippen molar-refractivity contribution in [2.75, 3.05) is 13.1 Å². The van der Waals surface area contributed by atoms with E-state index in [9.17, 15) is 0 Å². The largest absolute Gasteiger partial charge is 0.296 e. The molecule has 7 heteroatoms. The molecule has 0 amide bonds. The second-order valence-electron chi connectivity index (χ2n) is 6.30. The number of nitrogens with zero attached hydrogens (tertiary/aromatic N) is 5. The minimum Gasteiger partial charge on any atom is -0.296 e. The summed E-state index contributed by atoms with van der Waals surface area (Å²) in [4.78, 5) is 3.30. The first-order valence-electron chi connectivity index (χ1n) is 8.66. The number of likely N-dealkylation sites (tertiary alicyclic amines) is 1. The molecule has 1 fully saturated rings. The fourth-order valence-corrected chi connectivity index (χ4v) is 4.06. The van der Waals surface area contributed by atoms with E-state index in [0.717, 1.165) is 46.0 Å². The van der Waals surface area contributed by atoms with Gasteiger partial charge in [0.25, 0.3) is 0 Å². The highest BCUT2D eigenvalue weighted by Gasteiger charge is 2.15. The minimum atomic E-state index is 0.739. The predicted octanol–water partition coefficient (Wildman–Crippen LogP) is 4.39. The van der Waals surface area contributed by atoms with Gasteiger partial charge in [0, 0.05) is 5.02 Å². The van der Waals surface area contributed by atoms with Crippen LogP contribution in [0.15, 0.2) is 24.3 Å². The average molecular weight is 374 g/mol. The summed E-state index contributed by atoms with van der Waals surface area (Å²) >= 11 is 7.73. The summed E-state index contributed by atoms with van der Waals surface area (Å²) in [6, 6.07) is 7.78. The van der Waals surface area contributed by atoms with Crippen molar-refractivity contribution in [3.05, 3.63) is 45.7 Å². The molecule has 4 rings (SSSR count). The van der Waals surface area contributed by atoms with Gasteiger partial charge in [-0.2, -0.15) is 9.61 Å². The molecule has 130 valence electrons. The Morgan fingerprint density at radius 3 is 2.64 bits per heavy atom. The van der Waals surface area contributed by atoms with Crippen molar-refractivity contribution in [2.24, 2.45) is 0 Å². The smallest absolute Gasteiger partial charge is 0.235 e. The Morgan fingerprint density at radius 1 is 1.04 bits per heavy atom. The van der Waals surface area contributed by atoms with Crippen molar-refractivity contribution >= 4 is 40.1 Å². The molecule has 2 aromatic heterocycles. The molecule has 5 nitrogen and oxygen atoms in total. The summed E-state index contributed by atoms with van der Waals surface area (Å²) in [7, 11) is 0. The van der Waals surface area contributed by atoms with Gasteiger partial charge in [-0.1, -0.05) is 60.1 Å². The second kappa shape index (κ2) is 7.64. The van der Waals surface area contributed by atoms with Crippen molar-refractivity contribution in [3.63, 3.8) is 0 Å². The maximum Gasteiger partial charge on any atom is 0.235 e. The van der Waals surface area contributed by atoms with Crippen molar-refractivity contribution in [1.82, 2.24) is 24.7 Å². The Bertz CT molecular complexity index is 877. The summed E-state index contributed by atoms with van der Waals surface area (Å²) in [6.07, 6.45) is 9.17. The van der Waals surface area contributed by atoms with E-state index in [2.05, 4.69) is 20.2 Å². The molecular weight excluding hydrogens is 354 g/mol. The lowest BCUT2D eigenvalue weighted by atomic mass is 10.2. The highest BCUT2D eigenvalue weighted by Crippen LogP contribution is 2.21. The number of fused-ring (bicyclic) bond motifs is 1. The lowest BCUT2D eigenvalue weighted by Gasteiger charge is -2.17. The minimum absolute atomic E-state index is 0.739. The van der Waals surface area contributed by atoms with Crippen LogP contribution in [0.3, 0.4) is 0 Å². The Labute approximate surface area is 155 Å². The Kier molecular flexibility index (Phi) is 5.10. The van der Waals surface area contributed by atoms with Crippen LogP contribution in [-0.2, 0) is 6.54 Å². The molecule has 1 aliphatic rings. The summed E-state index contributed by atoms with van der Waals surface area (Å²) in [5.74, 6) is 0.922. The van der Waals surface area contributed by atoms with Crippen LogP contribution < -0.4 is 0 Å². The maximum atomic E-state index is 6.19. The summed E-state index contributed by atoms with van der Waals surface area (Å²) in [5.41, 5.74) is 0.986. The molecule has 0 N–H and O–H groups in total. The second-order valence-corrected chi connectivity index (χ2v) is 7.69. The average Bonchev–Trinajstić information content (AvgIpc) is 3.07. The SMILES string of the molecule is Clc1ccccc1C=Cc1nn2c(CN3CCCCCC3)nnc2s1. The van der Waals surface area contributed by atoms with Gasteiger partial charge in [0.15, 0.2) is 5.82 Å². The number of aromatic nitrogens is 4. The Balaban J connectivity index is 1.53. The van der Waals surface area contributed by atoms with E-state index in [-0.39, 0.29) is 0 Å². The molecule has 0 atom stereocenters. The zero-order valence-electron chi connectivity index (χ0n) is 13.9. The van der Waals surface area contributed by atoms with Crippen LogP contribution >= 0.6 is 22.9 Å². The van der Waals surface area contributed by atoms with E-state index >= 15 is 0 Å². The van der Waals surface area contributed by atoms with E-state index in [0.29, 0.717) is 0 Å². The fourth-order valence-electron chi connectivity index (χ4n) is 3.10. The third kappa shape index (κ3) is 3.92. The van der Waals surface area contributed by atoms with Gasteiger partial charge in [-0.25, -0.2) is 0 Å². The van der Waals surface area contributed by atoms with E-state index in [1.165, 1.54) is 37.0 Å². The first-order valence-corrected chi connectivity index (χ1v) is 9.85. The summed E-state index contributed by atoms with van der Waals surface area (Å²) in [6.45, 7) is 3.09. The predicted molar refractivity (Wildman–Crippen MR) is 103 cm³/mol. The highest BCUT2D eigenvalue weighted by atomic mass is 35.5. The molecule has 25 heavy (non-hydrogen) atoms. The van der Waals surface area contributed by atoms with Gasteiger partial charge in [0.2, 0.25) is 4.96 Å². The molecule has 0 bridgehead atoms. The first-order chi connectivity index (χ1) is 12.3. The molecule has 1 saturated heterocycles. The molecule has 0 aliphatic carbocycles. The van der Waals surface area contributed by atoms with Gasteiger partial charge in [-0.15, -0.1) is 10.2 Å². The van der Waals surface area contributed by atoms with Crippen molar-refractivity contribution < 1.29 is 0 Å². The summed E-state index contributed by atoms with van der Waals surface area (Å²) in [5, 5.41) is 14.9. The molecule has 0 spiro atoms. The standard InChI is InChI=1S/C18H20ClN5S/c19-15-8-4-3-7-14(15)9-10-17-22-24-16(20-21-18(24)25-17)13-23-11-5-1-2-6-12-23/h3-4,7-10H,1-2,5-6,11-13H2. The third-order valence-electron chi connectivity index (χ3n) is 4.45. The van der Waals surface area contributed by atoms with E-state index in [4.69, 9.17) is 11.6 Å². The van der Waals surface area contributed by atoms with E-state index < -0.39 is 0 Å². The van der Waals surface area contributed by atoms with Crippen molar-refractivity contribution in [3.8, 4) is 0 Å². The number of benzene rings is 1. The molecular formula is C18H20ClN5S. The van der Waals surface area contributed by atoms with Gasteiger partial charge < -0.3 is 0 Å². The molecule has 1 aliphatic heterocycles. The number of hydrogen-bond acceptors (Lipinski definition) is 5. The van der Waals surface area contributed by atoms with E-state index in [1.54, 1.807) is 0 Å². The quantitative estimate of drug-likeness (QED) is 0.680. The number of halogens is 1. The van der Waals surface area contributed by atoms with Gasteiger partial charge in [-0.05, 0) is 43.6 Å². The Morgan fingerprint density at radius 2 is 1.84 bits per heavy atom. The van der Waals surface area contributed by atoms with Crippen LogP contribution in [0, 0.1) is 0 Å². The monoisotopic (exact) mass is 373 g/mol. The molecule has 3 aromatic rings. The number of hydrogen-bond donors (Lipinski definition) is 0. The fraction of sp³-hybridized carbons (Fsp3) is 0.389. The van der Waals surface area contributed by atoms with Crippen molar-refractivity contribution in [2.45, 2.75) is 32.2 Å². The molecule has 1 aromatic carbocycles. The lowest BCUT2D eigenvalue weighted by molar-refractivity contribution is 0.268. The van der Waals surface area contributed by atoms with Crippen molar-refractivity contribution in [1.29, 1.82) is 0 Å². The molecule has 0 radical (unpaired) electrons. The van der Waals surface area contributed by atoms with Gasteiger partial charge >= 0.3 is 0 Å². The van der Waals surface area contributed by atoms with E-state index in [1.807, 2.05) is 40.9 Å². The third-order valence-corrected chi connectivity index (χ3v) is 5.65. The van der Waals surface area contributed by atoms with Crippen LogP contribution in [0.1, 0.15) is 42.1 Å². The normalized spacial score (nSPS) is 16.7.